The Bertz CT molecular complexity index is 1250. The lowest BCUT2D eigenvalue weighted by molar-refractivity contribution is -0.132. The summed E-state index contributed by atoms with van der Waals surface area (Å²) in [5, 5.41) is 15.3. The molecule has 1 atom stereocenters. The molecule has 2 heterocycles. The van der Waals surface area contributed by atoms with E-state index < -0.39 is 29.2 Å². The highest BCUT2D eigenvalue weighted by molar-refractivity contribution is 5.98. The lowest BCUT2D eigenvalue weighted by atomic mass is 9.88. The van der Waals surface area contributed by atoms with Crippen LogP contribution in [0.5, 0.6) is 0 Å². The summed E-state index contributed by atoms with van der Waals surface area (Å²) >= 11 is 0. The fraction of sp³-hybridized carbons (Fsp3) is 0.448. The summed E-state index contributed by atoms with van der Waals surface area (Å²) in [6.45, 7) is 6.49. The van der Waals surface area contributed by atoms with Gasteiger partial charge in [0, 0.05) is 51.6 Å². The Morgan fingerprint density at radius 2 is 1.79 bits per heavy atom. The van der Waals surface area contributed by atoms with Crippen LogP contribution >= 0.6 is 0 Å². The van der Waals surface area contributed by atoms with Gasteiger partial charge in [-0.25, -0.2) is 4.79 Å². The Balaban J connectivity index is 1.42. The Hall–Kier alpha value is -3.90. The van der Waals surface area contributed by atoms with Crippen molar-refractivity contribution in [2.24, 2.45) is 0 Å². The second-order valence-corrected chi connectivity index (χ2v) is 10.9. The van der Waals surface area contributed by atoms with E-state index in [1.54, 1.807) is 32.7 Å². The molecule has 9 heteroatoms. The van der Waals surface area contributed by atoms with Gasteiger partial charge < -0.3 is 25.0 Å². The summed E-state index contributed by atoms with van der Waals surface area (Å²) in [5.74, 6) is -0.386. The number of alkyl carbamates (subject to hydrolysis) is 1. The van der Waals surface area contributed by atoms with Crippen LogP contribution in [0.4, 0.5) is 4.79 Å². The van der Waals surface area contributed by atoms with Crippen LogP contribution in [0.15, 0.2) is 42.5 Å². The molecule has 200 valence electrons. The maximum absolute atomic E-state index is 13.3. The first-order valence-electron chi connectivity index (χ1n) is 12.8. The van der Waals surface area contributed by atoms with Gasteiger partial charge in [-0.15, -0.1) is 0 Å². The third-order valence-corrected chi connectivity index (χ3v) is 6.80. The molecule has 0 bridgehead atoms. The van der Waals surface area contributed by atoms with Crippen LogP contribution in [-0.2, 0) is 27.2 Å². The maximum atomic E-state index is 13.3. The molecule has 1 saturated heterocycles. The molecule has 3 amide bonds. The molecule has 0 spiro atoms. The Morgan fingerprint density at radius 1 is 1.13 bits per heavy atom. The molecular formula is C29H34N4O5. The highest BCUT2D eigenvalue weighted by Gasteiger charge is 2.43. The van der Waals surface area contributed by atoms with Crippen LogP contribution in [0.25, 0.3) is 11.1 Å². The smallest absolute Gasteiger partial charge is 0.408 e. The van der Waals surface area contributed by atoms with E-state index in [0.717, 1.165) is 27.8 Å². The fourth-order valence-corrected chi connectivity index (χ4v) is 4.77. The van der Waals surface area contributed by atoms with Crippen molar-refractivity contribution in [3.63, 3.8) is 0 Å². The van der Waals surface area contributed by atoms with Gasteiger partial charge in [0.2, 0.25) is 5.91 Å². The van der Waals surface area contributed by atoms with Crippen LogP contribution in [0, 0.1) is 11.3 Å². The van der Waals surface area contributed by atoms with Crippen molar-refractivity contribution in [1.29, 1.82) is 5.26 Å². The van der Waals surface area contributed by atoms with E-state index in [0.29, 0.717) is 26.2 Å². The van der Waals surface area contributed by atoms with Crippen molar-refractivity contribution >= 4 is 17.9 Å². The van der Waals surface area contributed by atoms with E-state index in [-0.39, 0.29) is 18.7 Å². The molecule has 2 aromatic rings. The Labute approximate surface area is 223 Å². The maximum Gasteiger partial charge on any atom is 0.408 e. The molecule has 2 N–H and O–H groups in total. The number of carbonyl (C=O) groups excluding carboxylic acids is 3. The molecule has 0 radical (unpaired) electrons. The quantitative estimate of drug-likeness (QED) is 0.603. The number of rotatable bonds is 6. The van der Waals surface area contributed by atoms with E-state index in [1.165, 1.54) is 0 Å². The third-order valence-electron chi connectivity index (χ3n) is 6.80. The zero-order valence-corrected chi connectivity index (χ0v) is 22.3. The molecule has 2 aliphatic heterocycles. The zero-order valence-electron chi connectivity index (χ0n) is 22.3. The number of hydrogen-bond donors (Lipinski definition) is 2. The first kappa shape index (κ1) is 27.1. The van der Waals surface area contributed by atoms with E-state index in [4.69, 9.17) is 9.47 Å². The number of fused-ring (bicyclic) bond motifs is 1. The monoisotopic (exact) mass is 518 g/mol. The standard InChI is InChI=1S/C29H34N4O5/c1-28(2,3)38-27(36)32-29(11-13-37-14-12-29)26(35)31-23(17-30)15-19-5-7-20(8-6-19)21-9-10-24-22(16-21)18-33(4)25(24)34/h5-10,16,23H,11-15,18H2,1-4H3,(H,31,35)(H,32,36)/t23-/m0/s1. The summed E-state index contributed by atoms with van der Waals surface area (Å²) in [6.07, 6.45) is 0.201. The number of benzene rings is 2. The Morgan fingerprint density at radius 3 is 2.42 bits per heavy atom. The molecule has 4 rings (SSSR count). The van der Waals surface area contributed by atoms with E-state index in [2.05, 4.69) is 16.7 Å². The van der Waals surface area contributed by atoms with E-state index >= 15 is 0 Å². The predicted octanol–water partition coefficient (Wildman–Crippen LogP) is 3.56. The molecular weight excluding hydrogens is 484 g/mol. The molecule has 0 aliphatic carbocycles. The summed E-state index contributed by atoms with van der Waals surface area (Å²) < 4.78 is 10.8. The fourth-order valence-electron chi connectivity index (χ4n) is 4.77. The average Bonchev–Trinajstić information content (AvgIpc) is 3.15. The summed E-state index contributed by atoms with van der Waals surface area (Å²) in [7, 11) is 1.79. The summed E-state index contributed by atoms with van der Waals surface area (Å²) in [5.41, 5.74) is 2.73. The first-order valence-corrected chi connectivity index (χ1v) is 12.8. The van der Waals surface area contributed by atoms with Gasteiger partial charge in [-0.1, -0.05) is 30.3 Å². The normalized spacial score (nSPS) is 17.2. The van der Waals surface area contributed by atoms with Crippen molar-refractivity contribution in [2.45, 2.75) is 63.8 Å². The number of amides is 3. The number of nitrogens with one attached hydrogen (secondary N) is 2. The van der Waals surface area contributed by atoms with Gasteiger partial charge in [-0.05, 0) is 55.2 Å². The molecule has 2 aromatic carbocycles. The minimum Gasteiger partial charge on any atom is -0.444 e. The van der Waals surface area contributed by atoms with Gasteiger partial charge in [0.25, 0.3) is 5.91 Å². The molecule has 0 aromatic heterocycles. The SMILES string of the molecule is CN1Cc2cc(-c3ccc(C[C@@H](C#N)NC(=O)C4(NC(=O)OC(C)(C)C)CCOCC4)cc3)ccc2C1=O. The lowest BCUT2D eigenvalue weighted by Crippen LogP contribution is -2.63. The number of hydrogen-bond acceptors (Lipinski definition) is 6. The van der Waals surface area contributed by atoms with Crippen LogP contribution in [0.3, 0.4) is 0 Å². The third kappa shape index (κ3) is 6.14. The van der Waals surface area contributed by atoms with Crippen molar-refractivity contribution in [3.8, 4) is 17.2 Å². The molecule has 0 saturated carbocycles. The highest BCUT2D eigenvalue weighted by Crippen LogP contribution is 2.28. The number of nitriles is 1. The second kappa shape index (κ2) is 10.8. The topological polar surface area (TPSA) is 121 Å². The lowest BCUT2D eigenvalue weighted by Gasteiger charge is -2.37. The number of ether oxygens (including phenoxy) is 2. The molecule has 1 fully saturated rings. The van der Waals surface area contributed by atoms with Crippen molar-refractivity contribution in [3.05, 3.63) is 59.2 Å². The molecule has 9 nitrogen and oxygen atoms in total. The van der Waals surface area contributed by atoms with E-state index in [9.17, 15) is 19.6 Å². The molecule has 2 aliphatic rings. The first-order chi connectivity index (χ1) is 18.0. The van der Waals surface area contributed by atoms with Gasteiger partial charge >= 0.3 is 6.09 Å². The number of nitrogens with zero attached hydrogens (tertiary/aromatic N) is 2. The average molecular weight is 519 g/mol. The van der Waals surface area contributed by atoms with Gasteiger partial charge in [-0.2, -0.15) is 5.26 Å². The van der Waals surface area contributed by atoms with Crippen molar-refractivity contribution in [2.75, 3.05) is 20.3 Å². The van der Waals surface area contributed by atoms with E-state index in [1.807, 2.05) is 42.5 Å². The minimum atomic E-state index is -1.21. The van der Waals surface area contributed by atoms with Crippen LogP contribution in [-0.4, -0.2) is 60.3 Å². The van der Waals surface area contributed by atoms with Gasteiger partial charge in [0.15, 0.2) is 0 Å². The van der Waals surface area contributed by atoms with Crippen LogP contribution in [0.2, 0.25) is 0 Å². The summed E-state index contributed by atoms with van der Waals surface area (Å²) in [6, 6.07) is 15.0. The second-order valence-electron chi connectivity index (χ2n) is 10.9. The zero-order chi connectivity index (χ0) is 27.5. The largest absolute Gasteiger partial charge is 0.444 e. The highest BCUT2D eigenvalue weighted by atomic mass is 16.6. The van der Waals surface area contributed by atoms with Gasteiger partial charge in [0.1, 0.15) is 17.2 Å². The van der Waals surface area contributed by atoms with Gasteiger partial charge in [0.05, 0.1) is 6.07 Å². The van der Waals surface area contributed by atoms with Gasteiger partial charge in [-0.3, -0.25) is 9.59 Å². The molecule has 0 unspecified atom stereocenters. The minimum absolute atomic E-state index is 0.0373. The van der Waals surface area contributed by atoms with Crippen molar-refractivity contribution in [1.82, 2.24) is 15.5 Å². The van der Waals surface area contributed by atoms with Crippen molar-refractivity contribution < 1.29 is 23.9 Å². The summed E-state index contributed by atoms with van der Waals surface area (Å²) in [4.78, 5) is 39.7. The predicted molar refractivity (Wildman–Crippen MR) is 141 cm³/mol. The Kier molecular flexibility index (Phi) is 7.74. The van der Waals surface area contributed by atoms with Crippen LogP contribution in [0.1, 0.15) is 55.1 Å². The molecule has 38 heavy (non-hydrogen) atoms. The number of carbonyl (C=O) groups is 3. The van der Waals surface area contributed by atoms with Crippen LogP contribution < -0.4 is 10.6 Å².